The molecule has 0 aliphatic carbocycles. The fourth-order valence-electron chi connectivity index (χ4n) is 2.42. The average molecular weight is 350 g/mol. The summed E-state index contributed by atoms with van der Waals surface area (Å²) in [7, 11) is 0. The Labute approximate surface area is 150 Å². The minimum Gasteiger partial charge on any atom is -0.507 e. The number of phenolic OH excluding ortho intramolecular Hbond substituents is 1. The fourth-order valence-corrected chi connectivity index (χ4v) is 2.42. The van der Waals surface area contributed by atoms with Crippen molar-refractivity contribution in [1.29, 1.82) is 0 Å². The van der Waals surface area contributed by atoms with Crippen LogP contribution in [0, 0.1) is 10.1 Å². The first-order chi connectivity index (χ1) is 12.6. The van der Waals surface area contributed by atoms with Crippen LogP contribution >= 0.6 is 0 Å². The molecule has 6 heteroatoms. The Hall–Kier alpha value is -3.54. The topological polar surface area (TPSA) is 84.6 Å². The van der Waals surface area contributed by atoms with E-state index in [0.717, 1.165) is 16.8 Å². The van der Waals surface area contributed by atoms with Gasteiger partial charge in [0.15, 0.2) is 0 Å². The van der Waals surface area contributed by atoms with E-state index < -0.39 is 4.92 Å². The standard InChI is InChI=1S/C20H18N2O4/c23-20-12-19(26-14-15-6-9-18(10-7-15)22(24)25)11-8-16(20)13-21-17-4-2-1-3-5-17/h1-12,21,23H,13-14H2. The van der Waals surface area contributed by atoms with Gasteiger partial charge in [0.05, 0.1) is 4.92 Å². The second kappa shape index (κ2) is 8.02. The largest absolute Gasteiger partial charge is 0.507 e. The number of nitrogens with one attached hydrogen (secondary N) is 1. The van der Waals surface area contributed by atoms with Crippen molar-refractivity contribution in [2.75, 3.05) is 5.32 Å². The third-order valence-corrected chi connectivity index (χ3v) is 3.87. The lowest BCUT2D eigenvalue weighted by Gasteiger charge is -2.11. The first-order valence-electron chi connectivity index (χ1n) is 8.09. The van der Waals surface area contributed by atoms with Crippen LogP contribution in [0.25, 0.3) is 0 Å². The first kappa shape index (κ1) is 17.3. The molecule has 26 heavy (non-hydrogen) atoms. The summed E-state index contributed by atoms with van der Waals surface area (Å²) >= 11 is 0. The van der Waals surface area contributed by atoms with Crippen LogP contribution in [0.1, 0.15) is 11.1 Å². The molecular formula is C20H18N2O4. The summed E-state index contributed by atoms with van der Waals surface area (Å²) < 4.78 is 5.64. The highest BCUT2D eigenvalue weighted by Crippen LogP contribution is 2.25. The van der Waals surface area contributed by atoms with Crippen LogP contribution in [0.4, 0.5) is 11.4 Å². The molecule has 0 unspecified atom stereocenters. The Kier molecular flexibility index (Phi) is 5.34. The summed E-state index contributed by atoms with van der Waals surface area (Å²) in [5.74, 6) is 0.680. The Balaban J connectivity index is 1.57. The van der Waals surface area contributed by atoms with Gasteiger partial charge in [0.2, 0.25) is 0 Å². The second-order valence-corrected chi connectivity index (χ2v) is 5.72. The van der Waals surface area contributed by atoms with E-state index in [-0.39, 0.29) is 18.0 Å². The van der Waals surface area contributed by atoms with Crippen LogP contribution in [0.2, 0.25) is 0 Å². The van der Waals surface area contributed by atoms with E-state index in [1.165, 1.54) is 12.1 Å². The van der Waals surface area contributed by atoms with E-state index >= 15 is 0 Å². The van der Waals surface area contributed by atoms with Crippen molar-refractivity contribution < 1.29 is 14.8 Å². The number of aromatic hydroxyl groups is 1. The Morgan fingerprint density at radius 3 is 2.38 bits per heavy atom. The maximum absolute atomic E-state index is 10.6. The molecule has 3 rings (SSSR count). The van der Waals surface area contributed by atoms with Gasteiger partial charge in [0.1, 0.15) is 18.1 Å². The maximum Gasteiger partial charge on any atom is 0.269 e. The van der Waals surface area contributed by atoms with Gasteiger partial charge in [-0.2, -0.15) is 0 Å². The highest BCUT2D eigenvalue weighted by atomic mass is 16.6. The number of benzene rings is 3. The van der Waals surface area contributed by atoms with Crippen molar-refractivity contribution in [1.82, 2.24) is 0 Å². The molecule has 0 aliphatic rings. The van der Waals surface area contributed by atoms with Gasteiger partial charge in [-0.15, -0.1) is 0 Å². The molecule has 0 heterocycles. The lowest BCUT2D eigenvalue weighted by atomic mass is 10.2. The first-order valence-corrected chi connectivity index (χ1v) is 8.09. The summed E-state index contributed by atoms with van der Waals surface area (Å²) in [6.45, 7) is 0.761. The second-order valence-electron chi connectivity index (χ2n) is 5.72. The van der Waals surface area contributed by atoms with Crippen LogP contribution in [0.15, 0.2) is 72.8 Å². The van der Waals surface area contributed by atoms with Crippen molar-refractivity contribution in [2.45, 2.75) is 13.2 Å². The van der Waals surface area contributed by atoms with Gasteiger partial charge in [0, 0.05) is 36.0 Å². The van der Waals surface area contributed by atoms with Gasteiger partial charge in [-0.1, -0.05) is 18.2 Å². The molecule has 0 fully saturated rings. The van der Waals surface area contributed by atoms with Crippen molar-refractivity contribution in [3.63, 3.8) is 0 Å². The lowest BCUT2D eigenvalue weighted by molar-refractivity contribution is -0.384. The number of rotatable bonds is 7. The third-order valence-electron chi connectivity index (χ3n) is 3.87. The van der Waals surface area contributed by atoms with E-state index in [0.29, 0.717) is 12.3 Å². The molecule has 0 aromatic heterocycles. The fraction of sp³-hybridized carbons (Fsp3) is 0.100. The number of anilines is 1. The van der Waals surface area contributed by atoms with Gasteiger partial charge < -0.3 is 15.2 Å². The highest BCUT2D eigenvalue weighted by Gasteiger charge is 2.06. The summed E-state index contributed by atoms with van der Waals surface area (Å²) in [6.07, 6.45) is 0. The van der Waals surface area contributed by atoms with Crippen molar-refractivity contribution >= 4 is 11.4 Å². The number of para-hydroxylation sites is 1. The van der Waals surface area contributed by atoms with Crippen LogP contribution in [-0.4, -0.2) is 10.0 Å². The molecule has 3 aromatic carbocycles. The van der Waals surface area contributed by atoms with Crippen LogP contribution < -0.4 is 10.1 Å². The Morgan fingerprint density at radius 2 is 1.73 bits per heavy atom. The maximum atomic E-state index is 10.6. The van der Waals surface area contributed by atoms with Gasteiger partial charge in [-0.25, -0.2) is 0 Å². The smallest absolute Gasteiger partial charge is 0.269 e. The predicted octanol–water partition coefficient (Wildman–Crippen LogP) is 4.49. The number of hydrogen-bond acceptors (Lipinski definition) is 5. The monoisotopic (exact) mass is 350 g/mol. The predicted molar refractivity (Wildman–Crippen MR) is 99.3 cm³/mol. The highest BCUT2D eigenvalue weighted by molar-refractivity contribution is 5.46. The molecule has 0 saturated carbocycles. The minimum atomic E-state index is -0.440. The van der Waals surface area contributed by atoms with Crippen LogP contribution in [0.3, 0.4) is 0 Å². The Bertz CT molecular complexity index is 880. The number of hydrogen-bond donors (Lipinski definition) is 2. The van der Waals surface area contributed by atoms with Crippen molar-refractivity contribution in [3.8, 4) is 11.5 Å². The van der Waals surface area contributed by atoms with E-state index in [9.17, 15) is 15.2 Å². The van der Waals surface area contributed by atoms with Gasteiger partial charge in [-0.05, 0) is 42.0 Å². The van der Waals surface area contributed by atoms with E-state index in [1.807, 2.05) is 30.3 Å². The molecule has 2 N–H and O–H groups in total. The number of nitro groups is 1. The normalized spacial score (nSPS) is 10.3. The number of phenols is 1. The molecule has 6 nitrogen and oxygen atoms in total. The molecule has 0 amide bonds. The summed E-state index contributed by atoms with van der Waals surface area (Å²) in [4.78, 5) is 10.2. The molecule has 0 atom stereocenters. The zero-order chi connectivity index (χ0) is 18.4. The SMILES string of the molecule is O=[N+]([O-])c1ccc(COc2ccc(CNc3ccccc3)c(O)c2)cc1. The van der Waals surface area contributed by atoms with Crippen molar-refractivity contribution in [3.05, 3.63) is 94.0 Å². The van der Waals surface area contributed by atoms with Crippen LogP contribution in [0.5, 0.6) is 11.5 Å². The number of non-ortho nitro benzene ring substituents is 1. The van der Waals surface area contributed by atoms with Gasteiger partial charge in [0.25, 0.3) is 5.69 Å². The zero-order valence-electron chi connectivity index (χ0n) is 14.0. The number of nitro benzene ring substituents is 1. The van der Waals surface area contributed by atoms with E-state index in [1.54, 1.807) is 30.3 Å². The molecule has 0 radical (unpaired) electrons. The van der Waals surface area contributed by atoms with Gasteiger partial charge >= 0.3 is 0 Å². The Morgan fingerprint density at radius 1 is 1.00 bits per heavy atom. The number of ether oxygens (including phenoxy) is 1. The quantitative estimate of drug-likeness (QED) is 0.484. The molecule has 0 spiro atoms. The molecule has 0 bridgehead atoms. The summed E-state index contributed by atoms with van der Waals surface area (Å²) in [6, 6.07) is 21.1. The molecule has 3 aromatic rings. The lowest BCUT2D eigenvalue weighted by Crippen LogP contribution is -2.00. The van der Waals surface area contributed by atoms with E-state index in [2.05, 4.69) is 5.32 Å². The minimum absolute atomic E-state index is 0.0432. The molecular weight excluding hydrogens is 332 g/mol. The molecule has 132 valence electrons. The third kappa shape index (κ3) is 4.51. The zero-order valence-corrected chi connectivity index (χ0v) is 14.0. The van der Waals surface area contributed by atoms with Crippen LogP contribution in [-0.2, 0) is 13.2 Å². The molecule has 0 aliphatic heterocycles. The average Bonchev–Trinajstić information content (AvgIpc) is 2.67. The van der Waals surface area contributed by atoms with E-state index in [4.69, 9.17) is 4.74 Å². The summed E-state index contributed by atoms with van der Waals surface area (Å²) in [5, 5.41) is 24.1. The van der Waals surface area contributed by atoms with Gasteiger partial charge in [-0.3, -0.25) is 10.1 Å². The summed E-state index contributed by atoms with van der Waals surface area (Å²) in [5.41, 5.74) is 2.59. The molecule has 0 saturated heterocycles. The van der Waals surface area contributed by atoms with Crippen molar-refractivity contribution in [2.24, 2.45) is 0 Å². The number of nitrogens with zero attached hydrogens (tertiary/aromatic N) is 1.